The molecule has 0 spiro atoms. The summed E-state index contributed by atoms with van der Waals surface area (Å²) in [4.78, 5) is 14.2. The standard InChI is InChI=1S/C12H8N2O4S/c15-12(16)9-3-5-10(6-4-9)14-19(17,18)11-2-1-7-13-8-11/h2-6,8,14H,(H,15,16). The van der Waals surface area contributed by atoms with Crippen LogP contribution in [0.2, 0.25) is 0 Å². The molecule has 2 rings (SSSR count). The lowest BCUT2D eigenvalue weighted by Crippen LogP contribution is -2.13. The Hall–Kier alpha value is -2.59. The van der Waals surface area contributed by atoms with Crippen molar-refractivity contribution in [3.8, 4) is 0 Å². The fourth-order valence-electron chi connectivity index (χ4n) is 1.32. The summed E-state index contributed by atoms with van der Waals surface area (Å²) in [6.45, 7) is 0. The maximum absolute atomic E-state index is 11.9. The number of sulfonamides is 1. The van der Waals surface area contributed by atoms with Crippen molar-refractivity contribution in [3.63, 3.8) is 0 Å². The van der Waals surface area contributed by atoms with E-state index in [0.717, 1.165) is 6.20 Å². The van der Waals surface area contributed by atoms with E-state index in [1.807, 2.05) is 0 Å². The van der Waals surface area contributed by atoms with Crippen LogP contribution in [0, 0.1) is 12.3 Å². The number of carboxylic acid groups (broad SMARTS) is 1. The second-order valence-corrected chi connectivity index (χ2v) is 5.23. The molecule has 0 saturated heterocycles. The number of carbonyl (C=O) groups is 1. The molecule has 1 aromatic carbocycles. The number of benzene rings is 1. The number of aromatic carboxylic acids is 1. The van der Waals surface area contributed by atoms with Crippen molar-refractivity contribution in [2.45, 2.75) is 4.90 Å². The Balaban J connectivity index is 2.24. The maximum atomic E-state index is 11.9. The number of hydrogen-bond donors (Lipinski definition) is 2. The van der Waals surface area contributed by atoms with Crippen LogP contribution in [0.4, 0.5) is 5.69 Å². The molecule has 6 nitrogen and oxygen atoms in total. The number of nitrogens with one attached hydrogen (secondary N) is 1. The van der Waals surface area contributed by atoms with E-state index in [2.05, 4.69) is 22.0 Å². The second-order valence-electron chi connectivity index (χ2n) is 3.55. The van der Waals surface area contributed by atoms with Crippen LogP contribution in [-0.4, -0.2) is 24.5 Å². The van der Waals surface area contributed by atoms with Gasteiger partial charge in [0.15, 0.2) is 0 Å². The highest BCUT2D eigenvalue weighted by atomic mass is 32.2. The van der Waals surface area contributed by atoms with Gasteiger partial charge in [0, 0.05) is 18.0 Å². The summed E-state index contributed by atoms with van der Waals surface area (Å²) in [5.41, 5.74) is 0.338. The van der Waals surface area contributed by atoms with Gasteiger partial charge in [-0.25, -0.2) is 18.2 Å². The van der Waals surface area contributed by atoms with Crippen LogP contribution in [-0.2, 0) is 10.0 Å². The SMILES string of the molecule is O=C(O)c1ccc(NS(=O)(=O)c2cc#cnc2)cc1. The summed E-state index contributed by atoms with van der Waals surface area (Å²) in [6, 6.07) is 9.04. The minimum absolute atomic E-state index is 0.0476. The van der Waals surface area contributed by atoms with Gasteiger partial charge in [0.2, 0.25) is 0 Å². The molecule has 0 fully saturated rings. The predicted molar refractivity (Wildman–Crippen MR) is 66.1 cm³/mol. The summed E-state index contributed by atoms with van der Waals surface area (Å²) in [5.74, 6) is -1.08. The highest BCUT2D eigenvalue weighted by Gasteiger charge is 2.14. The van der Waals surface area contributed by atoms with Crippen molar-refractivity contribution in [1.82, 2.24) is 4.98 Å². The van der Waals surface area contributed by atoms with Gasteiger partial charge < -0.3 is 5.11 Å². The van der Waals surface area contributed by atoms with Crippen LogP contribution in [0.5, 0.6) is 0 Å². The Bertz CT molecular complexity index is 681. The van der Waals surface area contributed by atoms with Crippen LogP contribution in [0.1, 0.15) is 10.4 Å². The van der Waals surface area contributed by atoms with E-state index in [1.54, 1.807) is 0 Å². The summed E-state index contributed by atoms with van der Waals surface area (Å²) < 4.78 is 26.1. The number of aromatic nitrogens is 1. The van der Waals surface area contributed by atoms with Gasteiger partial charge in [0.05, 0.1) is 11.8 Å². The number of hydrogen-bond acceptors (Lipinski definition) is 4. The molecule has 2 aromatic rings. The fraction of sp³-hybridized carbons (Fsp3) is 0. The van der Waals surface area contributed by atoms with Gasteiger partial charge >= 0.3 is 5.97 Å². The van der Waals surface area contributed by atoms with Crippen molar-refractivity contribution in [3.05, 3.63) is 54.4 Å². The van der Waals surface area contributed by atoms with Crippen LogP contribution < -0.4 is 4.72 Å². The van der Waals surface area contributed by atoms with Crippen molar-refractivity contribution >= 4 is 21.7 Å². The second kappa shape index (κ2) is 4.96. The first-order valence-corrected chi connectivity index (χ1v) is 6.57. The molecule has 0 amide bonds. The van der Waals surface area contributed by atoms with Gasteiger partial charge in [-0.3, -0.25) is 4.72 Å². The molecule has 0 aliphatic carbocycles. The molecule has 0 aliphatic rings. The van der Waals surface area contributed by atoms with Gasteiger partial charge in [0.1, 0.15) is 4.90 Å². The van der Waals surface area contributed by atoms with Crippen molar-refractivity contribution < 1.29 is 18.3 Å². The summed E-state index contributed by atoms with van der Waals surface area (Å²) in [7, 11) is -3.76. The third-order valence-electron chi connectivity index (χ3n) is 2.23. The lowest BCUT2D eigenvalue weighted by Gasteiger charge is -2.06. The number of nitrogens with zero attached hydrogens (tertiary/aromatic N) is 1. The van der Waals surface area contributed by atoms with Gasteiger partial charge in [-0.05, 0) is 30.3 Å². The predicted octanol–water partition coefficient (Wildman–Crippen LogP) is 1.18. The van der Waals surface area contributed by atoms with E-state index in [0.29, 0.717) is 0 Å². The van der Waals surface area contributed by atoms with E-state index < -0.39 is 16.0 Å². The van der Waals surface area contributed by atoms with Crippen LogP contribution in [0.3, 0.4) is 0 Å². The highest BCUT2D eigenvalue weighted by molar-refractivity contribution is 7.92. The average Bonchev–Trinajstić information content (AvgIpc) is 2.40. The normalized spacial score (nSPS) is 10.5. The van der Waals surface area contributed by atoms with Crippen molar-refractivity contribution in [2.75, 3.05) is 4.72 Å². The maximum Gasteiger partial charge on any atom is 0.335 e. The fourth-order valence-corrected chi connectivity index (χ4v) is 2.29. The highest BCUT2D eigenvalue weighted by Crippen LogP contribution is 2.15. The molecule has 0 unspecified atom stereocenters. The first-order valence-electron chi connectivity index (χ1n) is 5.09. The van der Waals surface area contributed by atoms with Crippen LogP contribution in [0.25, 0.3) is 0 Å². The minimum atomic E-state index is -3.76. The van der Waals surface area contributed by atoms with Crippen LogP contribution in [0.15, 0.2) is 41.4 Å². The number of anilines is 1. The van der Waals surface area contributed by atoms with Gasteiger partial charge in [-0.1, -0.05) is 0 Å². The summed E-state index contributed by atoms with van der Waals surface area (Å²) >= 11 is 0. The minimum Gasteiger partial charge on any atom is -0.478 e. The van der Waals surface area contributed by atoms with E-state index in [4.69, 9.17) is 5.11 Å². The van der Waals surface area contributed by atoms with E-state index >= 15 is 0 Å². The Kier molecular flexibility index (Phi) is 3.35. The zero-order valence-corrected chi connectivity index (χ0v) is 10.3. The Labute approximate surface area is 109 Å². The number of carboxylic acids is 1. The van der Waals surface area contributed by atoms with E-state index in [-0.39, 0.29) is 16.1 Å². The molecule has 0 aliphatic heterocycles. The van der Waals surface area contributed by atoms with Gasteiger partial charge in [-0.2, -0.15) is 0 Å². The molecule has 0 bridgehead atoms. The monoisotopic (exact) mass is 276 g/mol. The number of rotatable bonds is 4. The molecular formula is C12H8N2O4S. The zero-order valence-electron chi connectivity index (χ0n) is 9.49. The molecule has 0 radical (unpaired) electrons. The van der Waals surface area contributed by atoms with E-state index in [9.17, 15) is 13.2 Å². The molecule has 0 saturated carbocycles. The van der Waals surface area contributed by atoms with Crippen LogP contribution >= 0.6 is 0 Å². The molecule has 0 atom stereocenters. The quantitative estimate of drug-likeness (QED) is 0.874. The average molecular weight is 276 g/mol. The molecule has 1 aromatic heterocycles. The summed E-state index contributed by atoms with van der Waals surface area (Å²) in [6.07, 6.45) is 3.50. The molecule has 19 heavy (non-hydrogen) atoms. The smallest absolute Gasteiger partial charge is 0.335 e. The first-order chi connectivity index (χ1) is 8.99. The molecular weight excluding hydrogens is 268 g/mol. The molecule has 2 N–H and O–H groups in total. The lowest BCUT2D eigenvalue weighted by molar-refractivity contribution is 0.0697. The molecule has 7 heteroatoms. The molecule has 96 valence electrons. The van der Waals surface area contributed by atoms with Crippen molar-refractivity contribution in [2.24, 2.45) is 0 Å². The lowest BCUT2D eigenvalue weighted by atomic mass is 10.2. The largest absolute Gasteiger partial charge is 0.478 e. The van der Waals surface area contributed by atoms with Gasteiger partial charge in [0.25, 0.3) is 10.0 Å². The third-order valence-corrected chi connectivity index (χ3v) is 3.58. The van der Waals surface area contributed by atoms with Crippen molar-refractivity contribution in [1.29, 1.82) is 0 Å². The zero-order chi connectivity index (χ0) is 13.9. The Morgan fingerprint density at radius 2 is 1.95 bits per heavy atom. The first kappa shape index (κ1) is 12.9. The summed E-state index contributed by atoms with van der Waals surface area (Å²) in [5, 5.41) is 8.73. The third kappa shape index (κ3) is 3.00. The Morgan fingerprint density at radius 1 is 1.26 bits per heavy atom. The van der Waals surface area contributed by atoms with Gasteiger partial charge in [-0.15, -0.1) is 0 Å². The molecule has 1 heterocycles. The Morgan fingerprint density at radius 3 is 2.47 bits per heavy atom. The van der Waals surface area contributed by atoms with E-state index in [1.165, 1.54) is 30.3 Å². The topological polar surface area (TPSA) is 96.4 Å².